The first-order valence-corrected chi connectivity index (χ1v) is 6.47. The second-order valence-corrected chi connectivity index (χ2v) is 4.83. The Balaban J connectivity index is 0.00000200. The van der Waals surface area contributed by atoms with E-state index < -0.39 is 6.67 Å². The minimum Gasteiger partial charge on any atom is -0.378 e. The third-order valence-corrected chi connectivity index (χ3v) is 3.07. The van der Waals surface area contributed by atoms with E-state index in [1.54, 1.807) is 10.9 Å². The zero-order chi connectivity index (χ0) is 13.8. The number of nitrogens with zero attached hydrogens (tertiary/aromatic N) is 4. The van der Waals surface area contributed by atoms with E-state index in [2.05, 4.69) is 36.3 Å². The summed E-state index contributed by atoms with van der Waals surface area (Å²) in [4.78, 5) is 0. The highest BCUT2D eigenvalue weighted by Gasteiger charge is 2.08. The molecule has 0 aromatic carbocycles. The van der Waals surface area contributed by atoms with Crippen molar-refractivity contribution in [1.82, 2.24) is 19.6 Å². The highest BCUT2D eigenvalue weighted by molar-refractivity contribution is 5.85. The molecule has 7 heteroatoms. The van der Waals surface area contributed by atoms with Crippen molar-refractivity contribution < 1.29 is 4.39 Å². The maximum absolute atomic E-state index is 12.2. The van der Waals surface area contributed by atoms with E-state index >= 15 is 0 Å². The van der Waals surface area contributed by atoms with Gasteiger partial charge < -0.3 is 5.32 Å². The molecule has 0 aliphatic carbocycles. The van der Waals surface area contributed by atoms with Gasteiger partial charge in [-0.1, -0.05) is 0 Å². The van der Waals surface area contributed by atoms with E-state index in [4.69, 9.17) is 0 Å². The van der Waals surface area contributed by atoms with E-state index in [0.29, 0.717) is 19.1 Å². The number of nitrogens with one attached hydrogen (secondary N) is 1. The van der Waals surface area contributed by atoms with Crippen LogP contribution in [0.15, 0.2) is 18.6 Å². The van der Waals surface area contributed by atoms with Crippen LogP contribution < -0.4 is 5.32 Å². The molecule has 0 unspecified atom stereocenters. The van der Waals surface area contributed by atoms with Gasteiger partial charge in [0.05, 0.1) is 24.6 Å². The summed E-state index contributed by atoms with van der Waals surface area (Å²) in [6, 6.07) is 0.362. The van der Waals surface area contributed by atoms with Crippen molar-refractivity contribution in [3.8, 4) is 0 Å². The summed E-state index contributed by atoms with van der Waals surface area (Å²) < 4.78 is 15.8. The van der Waals surface area contributed by atoms with Crippen molar-refractivity contribution in [3.05, 3.63) is 29.8 Å². The van der Waals surface area contributed by atoms with Crippen LogP contribution in [0.2, 0.25) is 0 Å². The van der Waals surface area contributed by atoms with E-state index in [1.807, 2.05) is 17.1 Å². The Kier molecular flexibility index (Phi) is 6.01. The molecule has 2 aromatic heterocycles. The fourth-order valence-corrected chi connectivity index (χ4v) is 2.01. The Labute approximate surface area is 124 Å². The van der Waals surface area contributed by atoms with Crippen molar-refractivity contribution >= 4 is 18.1 Å². The van der Waals surface area contributed by atoms with Crippen molar-refractivity contribution in [1.29, 1.82) is 0 Å². The number of hydrogen-bond acceptors (Lipinski definition) is 3. The van der Waals surface area contributed by atoms with Gasteiger partial charge in [-0.05, 0) is 20.8 Å². The molecule has 0 bridgehead atoms. The molecule has 0 radical (unpaired) electrons. The highest BCUT2D eigenvalue weighted by Crippen LogP contribution is 2.14. The summed E-state index contributed by atoms with van der Waals surface area (Å²) >= 11 is 0. The SMILES string of the molecule is Cc1c(CNc2cnn(CCF)c2)cnn1C(C)C.Cl. The zero-order valence-electron chi connectivity index (χ0n) is 12.0. The molecule has 2 aromatic rings. The fourth-order valence-electron chi connectivity index (χ4n) is 2.01. The Morgan fingerprint density at radius 3 is 2.65 bits per heavy atom. The molecule has 0 aliphatic heterocycles. The quantitative estimate of drug-likeness (QED) is 0.892. The van der Waals surface area contributed by atoms with E-state index in [9.17, 15) is 4.39 Å². The van der Waals surface area contributed by atoms with E-state index in [0.717, 1.165) is 11.3 Å². The second kappa shape index (κ2) is 7.28. The number of aromatic nitrogens is 4. The third kappa shape index (κ3) is 3.72. The van der Waals surface area contributed by atoms with Gasteiger partial charge in [0.1, 0.15) is 6.67 Å². The van der Waals surface area contributed by atoms with Gasteiger partial charge in [0.2, 0.25) is 0 Å². The lowest BCUT2D eigenvalue weighted by atomic mass is 10.2. The molecule has 0 spiro atoms. The van der Waals surface area contributed by atoms with Gasteiger partial charge in [-0.2, -0.15) is 10.2 Å². The molecule has 20 heavy (non-hydrogen) atoms. The van der Waals surface area contributed by atoms with Crippen LogP contribution in [0.5, 0.6) is 0 Å². The highest BCUT2D eigenvalue weighted by atomic mass is 35.5. The third-order valence-electron chi connectivity index (χ3n) is 3.07. The normalized spacial score (nSPS) is 10.7. The molecule has 0 atom stereocenters. The Morgan fingerprint density at radius 1 is 1.30 bits per heavy atom. The molecule has 112 valence electrons. The summed E-state index contributed by atoms with van der Waals surface area (Å²) in [5, 5.41) is 11.7. The number of halogens is 2. The van der Waals surface area contributed by atoms with Gasteiger partial charge in [0.15, 0.2) is 0 Å². The lowest BCUT2D eigenvalue weighted by molar-refractivity contribution is 0.427. The van der Waals surface area contributed by atoms with Gasteiger partial charge in [-0.15, -0.1) is 12.4 Å². The number of anilines is 1. The first kappa shape index (κ1) is 16.5. The monoisotopic (exact) mass is 301 g/mol. The van der Waals surface area contributed by atoms with Crippen LogP contribution in [0.4, 0.5) is 10.1 Å². The maximum atomic E-state index is 12.2. The second-order valence-electron chi connectivity index (χ2n) is 4.83. The predicted octanol–water partition coefficient (Wildman–Crippen LogP) is 2.97. The van der Waals surface area contributed by atoms with Crippen LogP contribution in [-0.4, -0.2) is 26.2 Å². The first-order valence-electron chi connectivity index (χ1n) is 6.47. The lowest BCUT2D eigenvalue weighted by Gasteiger charge is -2.09. The summed E-state index contributed by atoms with van der Waals surface area (Å²) in [6.07, 6.45) is 5.40. The summed E-state index contributed by atoms with van der Waals surface area (Å²) in [6.45, 7) is 6.88. The molecule has 0 aliphatic rings. The number of rotatable bonds is 6. The maximum Gasteiger partial charge on any atom is 0.109 e. The summed E-state index contributed by atoms with van der Waals surface area (Å²) in [5.74, 6) is 0. The van der Waals surface area contributed by atoms with E-state index in [1.165, 1.54) is 5.69 Å². The molecule has 0 saturated carbocycles. The molecule has 0 saturated heterocycles. The van der Waals surface area contributed by atoms with Crippen LogP contribution in [-0.2, 0) is 13.1 Å². The smallest absolute Gasteiger partial charge is 0.109 e. The van der Waals surface area contributed by atoms with Gasteiger partial charge in [-0.25, -0.2) is 4.39 Å². The Morgan fingerprint density at radius 2 is 2.05 bits per heavy atom. The Hall–Kier alpha value is -1.56. The number of hydrogen-bond donors (Lipinski definition) is 1. The van der Waals surface area contributed by atoms with Gasteiger partial charge >= 0.3 is 0 Å². The average molecular weight is 302 g/mol. The van der Waals surface area contributed by atoms with Gasteiger partial charge in [0, 0.05) is 30.0 Å². The largest absolute Gasteiger partial charge is 0.378 e. The van der Waals surface area contributed by atoms with Crippen LogP contribution in [0.25, 0.3) is 0 Å². The average Bonchev–Trinajstić information content (AvgIpc) is 2.94. The van der Waals surface area contributed by atoms with Gasteiger partial charge in [-0.3, -0.25) is 9.36 Å². The predicted molar refractivity (Wildman–Crippen MR) is 80.1 cm³/mol. The standard InChI is InChI=1S/C13H20FN5.ClH/c1-10(2)19-11(3)12(7-17-19)6-15-13-8-16-18(9-13)5-4-14;/h7-10,15H,4-6H2,1-3H3;1H. The topological polar surface area (TPSA) is 47.7 Å². The van der Waals surface area contributed by atoms with Crippen molar-refractivity contribution in [2.45, 2.75) is 39.9 Å². The molecule has 2 rings (SSSR count). The van der Waals surface area contributed by atoms with Crippen molar-refractivity contribution in [3.63, 3.8) is 0 Å². The minimum absolute atomic E-state index is 0. The lowest BCUT2D eigenvalue weighted by Crippen LogP contribution is -2.06. The van der Waals surface area contributed by atoms with Crippen molar-refractivity contribution in [2.75, 3.05) is 12.0 Å². The summed E-state index contributed by atoms with van der Waals surface area (Å²) in [5.41, 5.74) is 3.22. The first-order chi connectivity index (χ1) is 9.11. The molecule has 0 amide bonds. The number of aryl methyl sites for hydroxylation is 1. The fraction of sp³-hybridized carbons (Fsp3) is 0.538. The molecule has 0 fully saturated rings. The molecule has 2 heterocycles. The molecule has 5 nitrogen and oxygen atoms in total. The van der Waals surface area contributed by atoms with E-state index in [-0.39, 0.29) is 12.4 Å². The minimum atomic E-state index is -0.401. The van der Waals surface area contributed by atoms with Crippen LogP contribution in [0, 0.1) is 6.92 Å². The molecular weight excluding hydrogens is 281 g/mol. The zero-order valence-corrected chi connectivity index (χ0v) is 12.8. The van der Waals surface area contributed by atoms with Crippen LogP contribution in [0.3, 0.4) is 0 Å². The van der Waals surface area contributed by atoms with Gasteiger partial charge in [0.25, 0.3) is 0 Å². The van der Waals surface area contributed by atoms with Crippen molar-refractivity contribution in [2.24, 2.45) is 0 Å². The van der Waals surface area contributed by atoms with Crippen LogP contribution >= 0.6 is 12.4 Å². The molecule has 1 N–H and O–H groups in total. The number of alkyl halides is 1. The molecular formula is C13H21ClFN5. The van der Waals surface area contributed by atoms with Crippen LogP contribution in [0.1, 0.15) is 31.1 Å². The Bertz CT molecular complexity index is 535. The summed E-state index contributed by atoms with van der Waals surface area (Å²) in [7, 11) is 0.